The van der Waals surface area contributed by atoms with E-state index in [-0.39, 0.29) is 0 Å². The van der Waals surface area contributed by atoms with E-state index in [4.69, 9.17) is 4.55 Å². The Balaban J connectivity index is 2.36. The van der Waals surface area contributed by atoms with Gasteiger partial charge in [0.05, 0.1) is 5.75 Å². The van der Waals surface area contributed by atoms with Gasteiger partial charge in [-0.05, 0) is 5.92 Å². The number of hydrogen-bond acceptors (Lipinski definition) is 2. The molecular formula is C5H8F2O3S. The highest BCUT2D eigenvalue weighted by Gasteiger charge is 2.46. The molecule has 1 N–H and O–H groups in total. The molecule has 0 unspecified atom stereocenters. The Bertz CT molecular complexity index is 238. The third-order valence-electron chi connectivity index (χ3n) is 1.62. The Morgan fingerprint density at radius 2 is 1.91 bits per heavy atom. The van der Waals surface area contributed by atoms with Crippen LogP contribution in [0.4, 0.5) is 8.78 Å². The smallest absolute Gasteiger partial charge is 0.265 e. The molecule has 0 saturated heterocycles. The molecule has 0 aromatic heterocycles. The van der Waals surface area contributed by atoms with Crippen molar-refractivity contribution in [3.05, 3.63) is 0 Å². The van der Waals surface area contributed by atoms with Crippen molar-refractivity contribution in [3.8, 4) is 0 Å². The third kappa shape index (κ3) is 2.70. The van der Waals surface area contributed by atoms with Crippen LogP contribution in [0, 0.1) is 5.92 Å². The second-order valence-electron chi connectivity index (χ2n) is 2.88. The molecule has 1 saturated carbocycles. The molecule has 1 rings (SSSR count). The van der Waals surface area contributed by atoms with E-state index in [2.05, 4.69) is 0 Å². The van der Waals surface area contributed by atoms with Gasteiger partial charge >= 0.3 is 0 Å². The molecule has 0 aromatic rings. The second kappa shape index (κ2) is 2.38. The Morgan fingerprint density at radius 1 is 1.45 bits per heavy atom. The maximum atomic E-state index is 12.1. The maximum Gasteiger partial charge on any atom is 0.265 e. The van der Waals surface area contributed by atoms with Crippen LogP contribution in [0.2, 0.25) is 0 Å². The minimum Gasteiger partial charge on any atom is -0.286 e. The van der Waals surface area contributed by atoms with E-state index in [1.165, 1.54) is 0 Å². The van der Waals surface area contributed by atoms with E-state index >= 15 is 0 Å². The average Bonchev–Trinajstić information content (AvgIpc) is 1.53. The van der Waals surface area contributed by atoms with E-state index in [1.54, 1.807) is 0 Å². The van der Waals surface area contributed by atoms with E-state index in [9.17, 15) is 17.2 Å². The first-order valence-electron chi connectivity index (χ1n) is 3.11. The van der Waals surface area contributed by atoms with Gasteiger partial charge in [-0.1, -0.05) is 0 Å². The van der Waals surface area contributed by atoms with Crippen molar-refractivity contribution < 1.29 is 21.8 Å². The van der Waals surface area contributed by atoms with Crippen molar-refractivity contribution in [2.24, 2.45) is 5.92 Å². The van der Waals surface area contributed by atoms with Crippen molar-refractivity contribution in [1.82, 2.24) is 0 Å². The largest absolute Gasteiger partial charge is 0.286 e. The van der Waals surface area contributed by atoms with E-state index in [0.29, 0.717) is 0 Å². The van der Waals surface area contributed by atoms with Crippen LogP contribution in [0.5, 0.6) is 0 Å². The summed E-state index contributed by atoms with van der Waals surface area (Å²) in [6, 6.07) is 0. The summed E-state index contributed by atoms with van der Waals surface area (Å²) in [5, 5.41) is 0. The number of halogens is 2. The topological polar surface area (TPSA) is 54.4 Å². The fourth-order valence-corrected chi connectivity index (χ4v) is 2.03. The van der Waals surface area contributed by atoms with Crippen molar-refractivity contribution in [3.63, 3.8) is 0 Å². The fraction of sp³-hybridized carbons (Fsp3) is 1.00. The molecule has 0 amide bonds. The van der Waals surface area contributed by atoms with Gasteiger partial charge in [0.1, 0.15) is 0 Å². The summed E-state index contributed by atoms with van der Waals surface area (Å²) in [6.07, 6.45) is -0.848. The molecule has 1 aliphatic rings. The first-order valence-corrected chi connectivity index (χ1v) is 4.72. The van der Waals surface area contributed by atoms with Crippen LogP contribution in [0.3, 0.4) is 0 Å². The molecule has 0 heterocycles. The SMILES string of the molecule is O=S(=O)(O)CC1CC(F)(F)C1. The van der Waals surface area contributed by atoms with Gasteiger partial charge < -0.3 is 0 Å². The average molecular weight is 186 g/mol. The first kappa shape index (κ1) is 8.86. The van der Waals surface area contributed by atoms with Gasteiger partial charge in [0.25, 0.3) is 10.1 Å². The molecule has 11 heavy (non-hydrogen) atoms. The van der Waals surface area contributed by atoms with Crippen molar-refractivity contribution in [2.75, 3.05) is 5.75 Å². The predicted molar refractivity (Wildman–Crippen MR) is 34.1 cm³/mol. The summed E-state index contributed by atoms with van der Waals surface area (Å²) >= 11 is 0. The maximum absolute atomic E-state index is 12.1. The molecule has 1 aliphatic carbocycles. The summed E-state index contributed by atoms with van der Waals surface area (Å²) in [6.45, 7) is 0. The van der Waals surface area contributed by atoms with E-state index in [0.717, 1.165) is 0 Å². The fourth-order valence-electron chi connectivity index (χ4n) is 1.20. The van der Waals surface area contributed by atoms with Crippen LogP contribution in [0.25, 0.3) is 0 Å². The molecule has 6 heteroatoms. The lowest BCUT2D eigenvalue weighted by atomic mass is 9.83. The van der Waals surface area contributed by atoms with Gasteiger partial charge in [-0.3, -0.25) is 4.55 Å². The Morgan fingerprint density at radius 3 is 2.18 bits per heavy atom. The van der Waals surface area contributed by atoms with Gasteiger partial charge in [0.15, 0.2) is 0 Å². The van der Waals surface area contributed by atoms with Gasteiger partial charge in [-0.25, -0.2) is 8.78 Å². The molecule has 0 radical (unpaired) electrons. The highest BCUT2D eigenvalue weighted by atomic mass is 32.2. The van der Waals surface area contributed by atoms with Crippen LogP contribution < -0.4 is 0 Å². The molecular weight excluding hydrogens is 178 g/mol. The Labute approximate surface area is 63.2 Å². The number of rotatable bonds is 2. The van der Waals surface area contributed by atoms with Crippen molar-refractivity contribution in [2.45, 2.75) is 18.8 Å². The lowest BCUT2D eigenvalue weighted by molar-refractivity contribution is -0.103. The molecule has 0 aliphatic heterocycles. The van der Waals surface area contributed by atoms with Crippen LogP contribution in [-0.4, -0.2) is 24.6 Å². The van der Waals surface area contributed by atoms with Gasteiger partial charge in [0.2, 0.25) is 5.92 Å². The minimum absolute atomic E-state index is 0.424. The molecule has 0 aromatic carbocycles. The van der Waals surface area contributed by atoms with Crippen molar-refractivity contribution >= 4 is 10.1 Å². The van der Waals surface area contributed by atoms with Gasteiger partial charge in [-0.2, -0.15) is 8.42 Å². The standard InChI is InChI=1S/C5H8F2O3S/c6-5(7)1-4(2-5)3-11(8,9)10/h4H,1-3H2,(H,8,9,10). The quantitative estimate of drug-likeness (QED) is 0.652. The summed E-state index contributed by atoms with van der Waals surface area (Å²) in [4.78, 5) is 0. The lowest BCUT2D eigenvalue weighted by Gasteiger charge is -2.33. The molecule has 0 spiro atoms. The van der Waals surface area contributed by atoms with Crippen molar-refractivity contribution in [1.29, 1.82) is 0 Å². The van der Waals surface area contributed by atoms with Crippen LogP contribution in [0.1, 0.15) is 12.8 Å². The summed E-state index contributed by atoms with van der Waals surface area (Å²) in [5.74, 6) is -3.82. The number of hydrogen-bond donors (Lipinski definition) is 1. The highest BCUT2D eigenvalue weighted by molar-refractivity contribution is 7.85. The Hall–Kier alpha value is -0.230. The van der Waals surface area contributed by atoms with E-state index < -0.39 is 40.6 Å². The zero-order valence-corrected chi connectivity index (χ0v) is 6.44. The first-order chi connectivity index (χ1) is 4.79. The molecule has 1 fully saturated rings. The van der Waals surface area contributed by atoms with Crippen LogP contribution in [-0.2, 0) is 10.1 Å². The summed E-state index contributed by atoms with van der Waals surface area (Å²) < 4.78 is 52.7. The molecule has 66 valence electrons. The normalized spacial score (nSPS) is 24.6. The van der Waals surface area contributed by atoms with E-state index in [1.807, 2.05) is 0 Å². The monoisotopic (exact) mass is 186 g/mol. The molecule has 3 nitrogen and oxygen atoms in total. The minimum atomic E-state index is -4.07. The lowest BCUT2D eigenvalue weighted by Crippen LogP contribution is -2.38. The van der Waals surface area contributed by atoms with Crippen LogP contribution >= 0.6 is 0 Å². The zero-order chi connectivity index (χ0) is 8.70. The van der Waals surface area contributed by atoms with Gasteiger partial charge in [0, 0.05) is 12.8 Å². The molecule has 0 bridgehead atoms. The predicted octanol–water partition coefficient (Wildman–Crippen LogP) is 0.919. The molecule has 0 atom stereocenters. The third-order valence-corrected chi connectivity index (χ3v) is 2.51. The number of alkyl halides is 2. The highest BCUT2D eigenvalue weighted by Crippen LogP contribution is 2.42. The second-order valence-corrected chi connectivity index (χ2v) is 4.38. The van der Waals surface area contributed by atoms with Gasteiger partial charge in [-0.15, -0.1) is 0 Å². The summed E-state index contributed by atoms with van der Waals surface area (Å²) in [5.41, 5.74) is 0. The Kier molecular flexibility index (Phi) is 1.92. The van der Waals surface area contributed by atoms with Crippen LogP contribution in [0.15, 0.2) is 0 Å². The zero-order valence-electron chi connectivity index (χ0n) is 5.63. The summed E-state index contributed by atoms with van der Waals surface area (Å²) in [7, 11) is -4.07.